The summed E-state index contributed by atoms with van der Waals surface area (Å²) in [6, 6.07) is 0. The molecule has 0 amide bonds. The molecule has 4 aliphatic carbocycles. The Balaban J connectivity index is 1.73. The molecule has 2 nitrogen and oxygen atoms in total. The van der Waals surface area contributed by atoms with Crippen molar-refractivity contribution in [3.63, 3.8) is 0 Å². The van der Waals surface area contributed by atoms with Gasteiger partial charge in [-0.1, -0.05) is 31.9 Å². The van der Waals surface area contributed by atoms with Gasteiger partial charge in [0.1, 0.15) is 0 Å². The highest BCUT2D eigenvalue weighted by molar-refractivity contribution is 6.02. The predicted molar refractivity (Wildman–Crippen MR) is 87.4 cm³/mol. The van der Waals surface area contributed by atoms with Crippen LogP contribution in [0.1, 0.15) is 65.2 Å². The van der Waals surface area contributed by atoms with Gasteiger partial charge in [0.05, 0.1) is 6.26 Å². The summed E-state index contributed by atoms with van der Waals surface area (Å²) in [5.41, 5.74) is 2.56. The Morgan fingerprint density at radius 2 is 2.00 bits per heavy atom. The van der Waals surface area contributed by atoms with Crippen LogP contribution in [0, 0.1) is 28.6 Å². The van der Waals surface area contributed by atoms with E-state index in [0.29, 0.717) is 22.8 Å². The van der Waals surface area contributed by atoms with Crippen LogP contribution in [0.4, 0.5) is 0 Å². The number of Topliss-reactive ketones (excluding diaryl/α,β-unsaturated/α-hetero) is 1. The summed E-state index contributed by atoms with van der Waals surface area (Å²) >= 11 is 0. The van der Waals surface area contributed by atoms with E-state index in [1.165, 1.54) is 32.1 Å². The van der Waals surface area contributed by atoms with Gasteiger partial charge in [-0.3, -0.25) is 4.79 Å². The summed E-state index contributed by atoms with van der Waals surface area (Å²) in [5.74, 6) is 2.04. The molecule has 3 fully saturated rings. The van der Waals surface area contributed by atoms with Crippen molar-refractivity contribution in [2.75, 3.05) is 0 Å². The molecular weight excluding hydrogens is 272 g/mol. The number of aliphatic hydroxyl groups is 1. The molecule has 3 saturated carbocycles. The quantitative estimate of drug-likeness (QED) is 0.390. The van der Waals surface area contributed by atoms with Crippen molar-refractivity contribution in [2.24, 2.45) is 28.6 Å². The molecule has 0 radical (unpaired) electrons. The molecule has 4 aliphatic rings. The summed E-state index contributed by atoms with van der Waals surface area (Å²) in [5, 5.41) is 9.44. The van der Waals surface area contributed by atoms with Crippen LogP contribution in [0.5, 0.6) is 0 Å². The smallest absolute Gasteiger partial charge is 0.168 e. The van der Waals surface area contributed by atoms with Crippen molar-refractivity contribution < 1.29 is 9.90 Å². The minimum Gasteiger partial charge on any atom is -0.515 e. The van der Waals surface area contributed by atoms with E-state index in [1.807, 2.05) is 0 Å². The summed E-state index contributed by atoms with van der Waals surface area (Å²) in [4.78, 5) is 12.7. The van der Waals surface area contributed by atoms with Crippen molar-refractivity contribution >= 4 is 5.78 Å². The molecule has 0 aromatic heterocycles. The molecule has 1 N–H and O–H groups in total. The molecule has 0 saturated heterocycles. The molecule has 2 heteroatoms. The number of ketones is 1. The van der Waals surface area contributed by atoms with E-state index in [-0.39, 0.29) is 11.2 Å². The minimum atomic E-state index is -0.216. The van der Waals surface area contributed by atoms with Crippen LogP contribution in [0.3, 0.4) is 0 Å². The number of aliphatic hydroxyl groups excluding tert-OH is 1. The third-order valence-corrected chi connectivity index (χ3v) is 7.81. The number of hydrogen-bond donors (Lipinski definition) is 1. The van der Waals surface area contributed by atoms with Gasteiger partial charge in [-0.15, -0.1) is 0 Å². The standard InChI is InChI=1S/C20H28O2/c1-19-9-4-3-5-14(19)6-7-15-16(19)8-10-20(2)17(15)11-13(12-21)18(20)22/h6,12,15-17,21H,3-5,7-11H2,1-2H3/t15-,16+,17+,19+,20+/m1/s1. The van der Waals surface area contributed by atoms with E-state index in [4.69, 9.17) is 0 Å². The fourth-order valence-electron chi connectivity index (χ4n) is 6.48. The Hall–Kier alpha value is -1.05. The maximum absolute atomic E-state index is 12.7. The third-order valence-electron chi connectivity index (χ3n) is 7.81. The summed E-state index contributed by atoms with van der Waals surface area (Å²) in [7, 11) is 0. The van der Waals surface area contributed by atoms with Gasteiger partial charge < -0.3 is 5.11 Å². The first kappa shape index (κ1) is 14.5. The Kier molecular flexibility index (Phi) is 3.12. The van der Waals surface area contributed by atoms with Crippen molar-refractivity contribution in [2.45, 2.75) is 65.2 Å². The van der Waals surface area contributed by atoms with Crippen LogP contribution in [-0.4, -0.2) is 10.9 Å². The molecule has 0 bridgehead atoms. The fraction of sp³-hybridized carbons (Fsp3) is 0.750. The first-order chi connectivity index (χ1) is 10.5. The number of hydrogen-bond acceptors (Lipinski definition) is 2. The van der Waals surface area contributed by atoms with Gasteiger partial charge in [0.15, 0.2) is 5.78 Å². The van der Waals surface area contributed by atoms with E-state index in [0.717, 1.165) is 31.4 Å². The lowest BCUT2D eigenvalue weighted by molar-refractivity contribution is -0.129. The normalized spacial score (nSPS) is 49.4. The van der Waals surface area contributed by atoms with Crippen LogP contribution >= 0.6 is 0 Å². The summed E-state index contributed by atoms with van der Waals surface area (Å²) in [6.07, 6.45) is 13.1. The van der Waals surface area contributed by atoms with E-state index in [2.05, 4.69) is 19.9 Å². The molecule has 4 rings (SSSR count). The van der Waals surface area contributed by atoms with Crippen LogP contribution in [0.25, 0.3) is 0 Å². The van der Waals surface area contributed by atoms with Gasteiger partial charge in [0.25, 0.3) is 0 Å². The van der Waals surface area contributed by atoms with E-state index < -0.39 is 0 Å². The Morgan fingerprint density at radius 3 is 2.77 bits per heavy atom. The molecule has 120 valence electrons. The molecule has 0 aromatic rings. The molecule has 22 heavy (non-hydrogen) atoms. The zero-order valence-electron chi connectivity index (χ0n) is 13.9. The van der Waals surface area contributed by atoms with Gasteiger partial charge in [0, 0.05) is 11.0 Å². The van der Waals surface area contributed by atoms with Crippen LogP contribution in [-0.2, 0) is 4.79 Å². The second-order valence-electron chi connectivity index (χ2n) is 8.61. The van der Waals surface area contributed by atoms with E-state index in [9.17, 15) is 9.90 Å². The zero-order chi connectivity index (χ0) is 15.5. The van der Waals surface area contributed by atoms with Crippen LogP contribution in [0.2, 0.25) is 0 Å². The van der Waals surface area contributed by atoms with Gasteiger partial charge in [-0.2, -0.15) is 0 Å². The molecule has 5 atom stereocenters. The average Bonchev–Trinajstić information content (AvgIpc) is 2.78. The van der Waals surface area contributed by atoms with E-state index >= 15 is 0 Å². The number of carbonyl (C=O) groups is 1. The average molecular weight is 300 g/mol. The molecule has 0 heterocycles. The zero-order valence-corrected chi connectivity index (χ0v) is 13.9. The van der Waals surface area contributed by atoms with Crippen LogP contribution in [0.15, 0.2) is 23.5 Å². The van der Waals surface area contributed by atoms with Crippen LogP contribution < -0.4 is 0 Å². The van der Waals surface area contributed by atoms with Crippen molar-refractivity contribution in [1.82, 2.24) is 0 Å². The Bertz CT molecular complexity index is 572. The topological polar surface area (TPSA) is 37.3 Å². The number of fused-ring (bicyclic) bond motifs is 5. The maximum Gasteiger partial charge on any atom is 0.168 e. The van der Waals surface area contributed by atoms with Gasteiger partial charge in [0.2, 0.25) is 0 Å². The molecule has 0 spiro atoms. The largest absolute Gasteiger partial charge is 0.515 e. The van der Waals surface area contributed by atoms with E-state index in [1.54, 1.807) is 5.57 Å². The monoisotopic (exact) mass is 300 g/mol. The van der Waals surface area contributed by atoms with Crippen molar-refractivity contribution in [1.29, 1.82) is 0 Å². The van der Waals surface area contributed by atoms with Gasteiger partial charge in [-0.05, 0) is 68.1 Å². The lowest BCUT2D eigenvalue weighted by Crippen LogP contribution is -2.49. The second kappa shape index (κ2) is 4.72. The molecule has 0 aliphatic heterocycles. The summed E-state index contributed by atoms with van der Waals surface area (Å²) < 4.78 is 0. The third kappa shape index (κ3) is 1.70. The van der Waals surface area contributed by atoms with Gasteiger partial charge in [-0.25, -0.2) is 0 Å². The maximum atomic E-state index is 12.7. The predicted octanol–water partition coefficient (Wildman–Crippen LogP) is 4.96. The SMILES string of the molecule is C[C@]12CCCCC1=CC[C@@H]1[C@@H]2CC[C@]2(C)C(=O)C(=CO)C[C@@H]12. The van der Waals surface area contributed by atoms with Crippen molar-refractivity contribution in [3.8, 4) is 0 Å². The second-order valence-corrected chi connectivity index (χ2v) is 8.61. The highest BCUT2D eigenvalue weighted by Crippen LogP contribution is 2.64. The molecule has 0 unspecified atom stereocenters. The highest BCUT2D eigenvalue weighted by Gasteiger charge is 2.59. The number of carbonyl (C=O) groups excluding carboxylic acids is 1. The molecular formula is C20H28O2. The minimum absolute atomic E-state index is 0.216. The fourth-order valence-corrected chi connectivity index (χ4v) is 6.48. The van der Waals surface area contributed by atoms with Gasteiger partial charge >= 0.3 is 0 Å². The highest BCUT2D eigenvalue weighted by atomic mass is 16.2. The lowest BCUT2D eigenvalue weighted by Gasteiger charge is -2.56. The first-order valence-electron chi connectivity index (χ1n) is 9.08. The lowest BCUT2D eigenvalue weighted by atomic mass is 9.48. The number of rotatable bonds is 0. The first-order valence-corrected chi connectivity index (χ1v) is 9.08. The summed E-state index contributed by atoms with van der Waals surface area (Å²) in [6.45, 7) is 4.66. The number of allylic oxidation sites excluding steroid dienone is 3. The van der Waals surface area contributed by atoms with Crippen molar-refractivity contribution in [3.05, 3.63) is 23.5 Å². The Morgan fingerprint density at radius 1 is 1.18 bits per heavy atom. The molecule has 0 aromatic carbocycles. The Labute approximate surface area is 133 Å².